The lowest BCUT2D eigenvalue weighted by Crippen LogP contribution is -2.01. The van der Waals surface area contributed by atoms with E-state index in [0.29, 0.717) is 0 Å². The third kappa shape index (κ3) is 2.11. The van der Waals surface area contributed by atoms with Crippen molar-refractivity contribution in [2.75, 3.05) is 5.32 Å². The highest BCUT2D eigenvalue weighted by atomic mass is 79.9. The zero-order valence-corrected chi connectivity index (χ0v) is 11.1. The van der Waals surface area contributed by atoms with Gasteiger partial charge in [0.1, 0.15) is 0 Å². The molecule has 86 valence electrons. The van der Waals surface area contributed by atoms with Crippen LogP contribution in [0.2, 0.25) is 0 Å². The number of aromatic amines is 1. The summed E-state index contributed by atoms with van der Waals surface area (Å²) in [7, 11) is 1.89. The molecule has 0 bridgehead atoms. The molecule has 0 aromatic carbocycles. The van der Waals surface area contributed by atoms with Crippen molar-refractivity contribution in [2.45, 2.75) is 20.4 Å². The Hall–Kier alpha value is -1.30. The van der Waals surface area contributed by atoms with Crippen LogP contribution in [0.1, 0.15) is 17.0 Å². The second kappa shape index (κ2) is 4.29. The van der Waals surface area contributed by atoms with E-state index in [-0.39, 0.29) is 0 Å². The first-order valence-corrected chi connectivity index (χ1v) is 5.80. The molecule has 2 heterocycles. The van der Waals surface area contributed by atoms with Crippen LogP contribution in [0.4, 0.5) is 5.69 Å². The lowest BCUT2D eigenvalue weighted by Gasteiger charge is -2.04. The molecule has 0 unspecified atom stereocenters. The van der Waals surface area contributed by atoms with E-state index >= 15 is 0 Å². The number of nitrogens with zero attached hydrogens (tertiary/aromatic N) is 3. The zero-order valence-electron chi connectivity index (χ0n) is 9.50. The lowest BCUT2D eigenvalue weighted by atomic mass is 10.2. The van der Waals surface area contributed by atoms with E-state index in [2.05, 4.69) is 36.5 Å². The maximum Gasteiger partial charge on any atom is 0.151 e. The fourth-order valence-electron chi connectivity index (χ4n) is 1.60. The van der Waals surface area contributed by atoms with Crippen molar-refractivity contribution in [3.05, 3.63) is 27.8 Å². The highest BCUT2D eigenvalue weighted by Crippen LogP contribution is 2.21. The Morgan fingerprint density at radius 2 is 2.25 bits per heavy atom. The molecule has 0 saturated heterocycles. The van der Waals surface area contributed by atoms with Gasteiger partial charge in [0.2, 0.25) is 0 Å². The predicted octanol–water partition coefficient (Wildman–Crippen LogP) is 2.13. The lowest BCUT2D eigenvalue weighted by molar-refractivity contribution is 0.760. The molecule has 2 aromatic rings. The highest BCUT2D eigenvalue weighted by molar-refractivity contribution is 9.10. The molecular weight excluding hydrogens is 270 g/mol. The number of hydrogen-bond donors (Lipinski definition) is 2. The standard InChI is InChI=1S/C10H14BrN5/c1-6-8(7(2)14-13-6)4-12-9-5-16(3)15-10(9)11/h5,12H,4H2,1-3H3,(H,13,14). The summed E-state index contributed by atoms with van der Waals surface area (Å²) in [5.41, 5.74) is 4.33. The van der Waals surface area contributed by atoms with Crippen molar-refractivity contribution in [3.8, 4) is 0 Å². The largest absolute Gasteiger partial charge is 0.377 e. The van der Waals surface area contributed by atoms with Crippen molar-refractivity contribution in [1.29, 1.82) is 0 Å². The molecule has 0 aliphatic heterocycles. The average molecular weight is 284 g/mol. The molecule has 0 atom stereocenters. The summed E-state index contributed by atoms with van der Waals surface area (Å²) in [5.74, 6) is 0. The Bertz CT molecular complexity index is 480. The van der Waals surface area contributed by atoms with Crippen LogP contribution in [0.15, 0.2) is 10.8 Å². The van der Waals surface area contributed by atoms with Crippen LogP contribution < -0.4 is 5.32 Å². The second-order valence-corrected chi connectivity index (χ2v) is 4.52. The number of hydrogen-bond acceptors (Lipinski definition) is 3. The Morgan fingerprint density at radius 3 is 2.75 bits per heavy atom. The van der Waals surface area contributed by atoms with Gasteiger partial charge in [-0.05, 0) is 29.8 Å². The maximum absolute atomic E-state index is 4.20. The van der Waals surface area contributed by atoms with Gasteiger partial charge in [-0.25, -0.2) is 0 Å². The summed E-state index contributed by atoms with van der Waals surface area (Å²) in [6.07, 6.45) is 1.94. The van der Waals surface area contributed by atoms with Gasteiger partial charge in [0.05, 0.1) is 11.4 Å². The van der Waals surface area contributed by atoms with Gasteiger partial charge >= 0.3 is 0 Å². The van der Waals surface area contributed by atoms with Gasteiger partial charge in [-0.2, -0.15) is 10.2 Å². The van der Waals surface area contributed by atoms with Gasteiger partial charge < -0.3 is 5.32 Å². The Balaban J connectivity index is 2.11. The van der Waals surface area contributed by atoms with Crippen molar-refractivity contribution < 1.29 is 0 Å². The molecule has 5 nitrogen and oxygen atoms in total. The van der Waals surface area contributed by atoms with E-state index in [1.54, 1.807) is 4.68 Å². The number of nitrogens with one attached hydrogen (secondary N) is 2. The first-order valence-electron chi connectivity index (χ1n) is 5.01. The quantitative estimate of drug-likeness (QED) is 0.907. The van der Waals surface area contributed by atoms with Crippen molar-refractivity contribution in [2.24, 2.45) is 7.05 Å². The van der Waals surface area contributed by atoms with Gasteiger partial charge in [0.15, 0.2) is 4.60 Å². The number of aryl methyl sites for hydroxylation is 3. The summed E-state index contributed by atoms with van der Waals surface area (Å²) in [5, 5.41) is 14.7. The highest BCUT2D eigenvalue weighted by Gasteiger charge is 2.08. The van der Waals surface area contributed by atoms with Crippen molar-refractivity contribution >= 4 is 21.6 Å². The van der Waals surface area contributed by atoms with Crippen LogP contribution in [0.3, 0.4) is 0 Å². The smallest absolute Gasteiger partial charge is 0.151 e. The third-order valence-electron chi connectivity index (χ3n) is 2.52. The second-order valence-electron chi connectivity index (χ2n) is 3.77. The molecular formula is C10H14BrN5. The topological polar surface area (TPSA) is 58.5 Å². The van der Waals surface area contributed by atoms with Crippen molar-refractivity contribution in [1.82, 2.24) is 20.0 Å². The number of anilines is 1. The van der Waals surface area contributed by atoms with Crippen LogP contribution in [-0.4, -0.2) is 20.0 Å². The molecule has 0 amide bonds. The monoisotopic (exact) mass is 283 g/mol. The fraction of sp³-hybridized carbons (Fsp3) is 0.400. The third-order valence-corrected chi connectivity index (χ3v) is 3.11. The van der Waals surface area contributed by atoms with Crippen molar-refractivity contribution in [3.63, 3.8) is 0 Å². The Morgan fingerprint density at radius 1 is 1.50 bits per heavy atom. The summed E-state index contributed by atoms with van der Waals surface area (Å²) in [6.45, 7) is 4.77. The minimum Gasteiger partial charge on any atom is -0.377 e. The van der Waals surface area contributed by atoms with Gasteiger partial charge in [-0.3, -0.25) is 9.78 Å². The SMILES string of the molecule is Cc1n[nH]c(C)c1CNc1cn(C)nc1Br. The number of aromatic nitrogens is 4. The molecule has 0 radical (unpaired) electrons. The Kier molecular flexibility index (Phi) is 3.00. The summed E-state index contributed by atoms with van der Waals surface area (Å²) < 4.78 is 2.59. The minimum atomic E-state index is 0.748. The average Bonchev–Trinajstić information content (AvgIpc) is 2.69. The number of halogens is 1. The van der Waals surface area contributed by atoms with E-state index in [0.717, 1.165) is 28.2 Å². The van der Waals surface area contributed by atoms with Gasteiger partial charge in [0.25, 0.3) is 0 Å². The molecule has 0 fully saturated rings. The maximum atomic E-state index is 4.20. The van der Waals surface area contributed by atoms with Crippen LogP contribution in [0.5, 0.6) is 0 Å². The molecule has 6 heteroatoms. The molecule has 16 heavy (non-hydrogen) atoms. The normalized spacial score (nSPS) is 10.8. The minimum absolute atomic E-state index is 0.748. The number of rotatable bonds is 3. The molecule has 0 aliphatic rings. The molecule has 2 N–H and O–H groups in total. The van der Waals surface area contributed by atoms with Crippen LogP contribution in [0, 0.1) is 13.8 Å². The molecule has 0 spiro atoms. The van der Waals surface area contributed by atoms with Crippen LogP contribution in [-0.2, 0) is 13.6 Å². The summed E-state index contributed by atoms with van der Waals surface area (Å²) >= 11 is 3.40. The van der Waals surface area contributed by atoms with E-state index in [1.165, 1.54) is 5.56 Å². The predicted molar refractivity (Wildman–Crippen MR) is 66.3 cm³/mol. The summed E-state index contributed by atoms with van der Waals surface area (Å²) in [6, 6.07) is 0. The fourth-order valence-corrected chi connectivity index (χ4v) is 2.09. The van der Waals surface area contributed by atoms with E-state index in [4.69, 9.17) is 0 Å². The first-order chi connectivity index (χ1) is 7.58. The van der Waals surface area contributed by atoms with E-state index in [9.17, 15) is 0 Å². The van der Waals surface area contributed by atoms with Crippen LogP contribution in [0.25, 0.3) is 0 Å². The summed E-state index contributed by atoms with van der Waals surface area (Å²) in [4.78, 5) is 0. The van der Waals surface area contributed by atoms with Gasteiger partial charge in [0, 0.05) is 31.0 Å². The molecule has 2 rings (SSSR count). The molecule has 2 aromatic heterocycles. The van der Waals surface area contributed by atoms with E-state index < -0.39 is 0 Å². The van der Waals surface area contributed by atoms with Gasteiger partial charge in [-0.15, -0.1) is 0 Å². The van der Waals surface area contributed by atoms with Gasteiger partial charge in [-0.1, -0.05) is 0 Å². The first kappa shape index (κ1) is 11.2. The molecule has 0 aliphatic carbocycles. The van der Waals surface area contributed by atoms with Crippen LogP contribution >= 0.6 is 15.9 Å². The number of H-pyrrole nitrogens is 1. The molecule has 0 saturated carbocycles. The van der Waals surface area contributed by atoms with E-state index in [1.807, 2.05) is 27.1 Å². The Labute approximate surface area is 102 Å². The zero-order chi connectivity index (χ0) is 11.7.